The van der Waals surface area contributed by atoms with E-state index < -0.39 is 0 Å². The first kappa shape index (κ1) is 18.4. The van der Waals surface area contributed by atoms with Crippen LogP contribution in [0.15, 0.2) is 24.5 Å². The van der Waals surface area contributed by atoms with Crippen LogP contribution in [0.2, 0.25) is 0 Å². The van der Waals surface area contributed by atoms with Crippen molar-refractivity contribution in [3.05, 3.63) is 30.1 Å². The SMILES string of the molecule is CCCC(=O)N1CCC(CCCN2CCCC2)(c2ccncc2)CC1. The Bertz CT molecular complexity index is 531. The highest BCUT2D eigenvalue weighted by Crippen LogP contribution is 2.39. The molecule has 1 aromatic rings. The molecule has 0 atom stereocenters. The number of nitrogens with zero attached hydrogens (tertiary/aromatic N) is 3. The largest absolute Gasteiger partial charge is 0.343 e. The summed E-state index contributed by atoms with van der Waals surface area (Å²) in [5.41, 5.74) is 1.65. The zero-order valence-corrected chi connectivity index (χ0v) is 15.8. The molecule has 0 aromatic carbocycles. The van der Waals surface area contributed by atoms with Crippen LogP contribution in [0, 0.1) is 0 Å². The van der Waals surface area contributed by atoms with Gasteiger partial charge in [0.15, 0.2) is 0 Å². The summed E-state index contributed by atoms with van der Waals surface area (Å²) in [5.74, 6) is 0.336. The molecule has 1 aromatic heterocycles. The smallest absolute Gasteiger partial charge is 0.222 e. The second-order valence-electron chi connectivity index (χ2n) is 7.80. The molecule has 2 aliphatic heterocycles. The van der Waals surface area contributed by atoms with E-state index in [-0.39, 0.29) is 5.41 Å². The first-order valence-corrected chi connectivity index (χ1v) is 10.1. The molecule has 4 heteroatoms. The molecular weight excluding hydrogens is 310 g/mol. The highest BCUT2D eigenvalue weighted by Gasteiger charge is 2.36. The van der Waals surface area contributed by atoms with Crippen LogP contribution in [-0.2, 0) is 10.2 Å². The molecule has 0 bridgehead atoms. The lowest BCUT2D eigenvalue weighted by atomic mass is 9.70. The molecule has 3 rings (SSSR count). The topological polar surface area (TPSA) is 36.4 Å². The molecule has 2 saturated heterocycles. The number of carbonyl (C=O) groups excluding carboxylic acids is 1. The van der Waals surface area contributed by atoms with Gasteiger partial charge in [0.05, 0.1) is 0 Å². The van der Waals surface area contributed by atoms with Crippen molar-refractivity contribution in [3.63, 3.8) is 0 Å². The number of carbonyl (C=O) groups is 1. The molecule has 0 saturated carbocycles. The molecule has 0 unspecified atom stereocenters. The molecule has 1 amide bonds. The Morgan fingerprint density at radius 1 is 1.12 bits per heavy atom. The molecular formula is C21H33N3O. The third kappa shape index (κ3) is 4.60. The summed E-state index contributed by atoms with van der Waals surface area (Å²) in [4.78, 5) is 21.2. The molecule has 2 fully saturated rings. The summed E-state index contributed by atoms with van der Waals surface area (Å²) in [6.45, 7) is 7.69. The maximum Gasteiger partial charge on any atom is 0.222 e. The number of rotatable bonds is 7. The number of likely N-dealkylation sites (tertiary alicyclic amines) is 2. The van der Waals surface area contributed by atoms with E-state index in [0.717, 1.165) is 32.4 Å². The first-order chi connectivity index (χ1) is 12.2. The van der Waals surface area contributed by atoms with E-state index in [2.05, 4.69) is 33.8 Å². The maximum atomic E-state index is 12.2. The van der Waals surface area contributed by atoms with Gasteiger partial charge in [-0.3, -0.25) is 9.78 Å². The normalized spacial score (nSPS) is 20.8. The highest BCUT2D eigenvalue weighted by atomic mass is 16.2. The van der Waals surface area contributed by atoms with E-state index in [4.69, 9.17) is 0 Å². The average Bonchev–Trinajstić information content (AvgIpc) is 3.17. The van der Waals surface area contributed by atoms with Gasteiger partial charge >= 0.3 is 0 Å². The molecule has 138 valence electrons. The van der Waals surface area contributed by atoms with Crippen molar-refractivity contribution in [2.24, 2.45) is 0 Å². The van der Waals surface area contributed by atoms with Crippen molar-refractivity contribution < 1.29 is 4.79 Å². The Labute approximate surface area is 152 Å². The van der Waals surface area contributed by atoms with Crippen LogP contribution in [0.25, 0.3) is 0 Å². The number of piperidine rings is 1. The van der Waals surface area contributed by atoms with Crippen molar-refractivity contribution in [1.82, 2.24) is 14.8 Å². The number of hydrogen-bond acceptors (Lipinski definition) is 3. The minimum atomic E-state index is 0.228. The number of pyridine rings is 1. The predicted octanol–water partition coefficient (Wildman–Crippen LogP) is 3.62. The summed E-state index contributed by atoms with van der Waals surface area (Å²) < 4.78 is 0. The molecule has 0 spiro atoms. The van der Waals surface area contributed by atoms with E-state index in [1.54, 1.807) is 0 Å². The van der Waals surface area contributed by atoms with Gasteiger partial charge in [-0.05, 0) is 87.7 Å². The zero-order valence-electron chi connectivity index (χ0n) is 15.8. The summed E-state index contributed by atoms with van der Waals surface area (Å²) in [7, 11) is 0. The van der Waals surface area contributed by atoms with Crippen LogP contribution in [0.3, 0.4) is 0 Å². The van der Waals surface area contributed by atoms with Gasteiger partial charge in [0, 0.05) is 31.9 Å². The third-order valence-electron chi connectivity index (χ3n) is 6.16. The van der Waals surface area contributed by atoms with Crippen LogP contribution in [0.4, 0.5) is 0 Å². The van der Waals surface area contributed by atoms with Crippen molar-refractivity contribution >= 4 is 5.91 Å². The van der Waals surface area contributed by atoms with Crippen molar-refractivity contribution in [2.75, 3.05) is 32.7 Å². The fraction of sp³-hybridized carbons (Fsp3) is 0.714. The van der Waals surface area contributed by atoms with Crippen LogP contribution in [0.1, 0.15) is 63.9 Å². The summed E-state index contributed by atoms with van der Waals surface area (Å²) in [5, 5.41) is 0. The zero-order chi connectivity index (χ0) is 17.5. The Balaban J connectivity index is 1.63. The van der Waals surface area contributed by atoms with Crippen LogP contribution in [0.5, 0.6) is 0 Å². The van der Waals surface area contributed by atoms with E-state index in [1.165, 1.54) is 50.9 Å². The van der Waals surface area contributed by atoms with Gasteiger partial charge in [0.2, 0.25) is 5.91 Å². The monoisotopic (exact) mass is 343 g/mol. The fourth-order valence-corrected chi connectivity index (χ4v) is 4.59. The van der Waals surface area contributed by atoms with Gasteiger partial charge in [0.25, 0.3) is 0 Å². The lowest BCUT2D eigenvalue weighted by molar-refractivity contribution is -0.132. The summed E-state index contributed by atoms with van der Waals surface area (Å²) in [6, 6.07) is 4.39. The van der Waals surface area contributed by atoms with Gasteiger partial charge in [-0.1, -0.05) is 6.92 Å². The minimum absolute atomic E-state index is 0.228. The predicted molar refractivity (Wildman–Crippen MR) is 102 cm³/mol. The number of amides is 1. The first-order valence-electron chi connectivity index (χ1n) is 10.1. The molecule has 2 aliphatic rings. The fourth-order valence-electron chi connectivity index (χ4n) is 4.59. The maximum absolute atomic E-state index is 12.2. The Hall–Kier alpha value is -1.42. The highest BCUT2D eigenvalue weighted by molar-refractivity contribution is 5.76. The van der Waals surface area contributed by atoms with Crippen LogP contribution < -0.4 is 0 Å². The molecule has 0 radical (unpaired) electrons. The second kappa shape index (κ2) is 8.79. The quantitative estimate of drug-likeness (QED) is 0.759. The molecule has 0 N–H and O–H groups in total. The Morgan fingerprint density at radius 2 is 1.80 bits per heavy atom. The average molecular weight is 344 g/mol. The standard InChI is InChI=1S/C21H33N3O/c1-2-6-20(25)24-17-10-21(11-18-24,19-7-12-22-13-8-19)9-5-16-23-14-3-4-15-23/h7-8,12-13H,2-6,9-11,14-18H2,1H3. The van der Waals surface area contributed by atoms with E-state index >= 15 is 0 Å². The summed E-state index contributed by atoms with van der Waals surface area (Å²) in [6.07, 6.45) is 12.9. The van der Waals surface area contributed by atoms with Gasteiger partial charge in [-0.2, -0.15) is 0 Å². The third-order valence-corrected chi connectivity index (χ3v) is 6.16. The Morgan fingerprint density at radius 3 is 2.44 bits per heavy atom. The van der Waals surface area contributed by atoms with Crippen LogP contribution in [-0.4, -0.2) is 53.4 Å². The molecule has 4 nitrogen and oxygen atoms in total. The van der Waals surface area contributed by atoms with E-state index in [9.17, 15) is 4.79 Å². The lowest BCUT2D eigenvalue weighted by Crippen LogP contribution is -2.45. The minimum Gasteiger partial charge on any atom is -0.343 e. The van der Waals surface area contributed by atoms with E-state index in [1.807, 2.05) is 12.4 Å². The Kier molecular flexibility index (Phi) is 6.46. The second-order valence-corrected chi connectivity index (χ2v) is 7.80. The van der Waals surface area contributed by atoms with Gasteiger partial charge in [-0.15, -0.1) is 0 Å². The van der Waals surface area contributed by atoms with Gasteiger partial charge < -0.3 is 9.80 Å². The molecule has 0 aliphatic carbocycles. The lowest BCUT2D eigenvalue weighted by Gasteiger charge is -2.43. The number of hydrogen-bond donors (Lipinski definition) is 0. The van der Waals surface area contributed by atoms with Gasteiger partial charge in [-0.25, -0.2) is 0 Å². The van der Waals surface area contributed by atoms with Crippen molar-refractivity contribution in [1.29, 1.82) is 0 Å². The number of aromatic nitrogens is 1. The van der Waals surface area contributed by atoms with E-state index in [0.29, 0.717) is 12.3 Å². The molecule has 25 heavy (non-hydrogen) atoms. The van der Waals surface area contributed by atoms with Gasteiger partial charge in [0.1, 0.15) is 0 Å². The van der Waals surface area contributed by atoms with Crippen LogP contribution >= 0.6 is 0 Å². The van der Waals surface area contributed by atoms with Crippen molar-refractivity contribution in [3.8, 4) is 0 Å². The van der Waals surface area contributed by atoms with Crippen molar-refractivity contribution in [2.45, 2.75) is 63.7 Å². The summed E-state index contributed by atoms with van der Waals surface area (Å²) >= 11 is 0. The molecule has 3 heterocycles.